The number of alkyl halides is 3. The van der Waals surface area contributed by atoms with Crippen molar-refractivity contribution in [1.82, 2.24) is 0 Å². The van der Waals surface area contributed by atoms with Gasteiger partial charge in [-0.2, -0.15) is 8.78 Å². The van der Waals surface area contributed by atoms with E-state index in [9.17, 15) is 13.6 Å². The Morgan fingerprint density at radius 2 is 1.60 bits per heavy atom. The van der Waals surface area contributed by atoms with Gasteiger partial charge in [-0.25, -0.2) is 4.79 Å². The lowest BCUT2D eigenvalue weighted by molar-refractivity contribution is -0.156. The molecule has 0 N–H and O–H groups in total. The molecule has 0 aliphatic carbocycles. The Morgan fingerprint density at radius 3 is 2.13 bits per heavy atom. The minimum Gasteiger partial charge on any atom is -0.461 e. The zero-order valence-electron chi connectivity index (χ0n) is 8.68. The molecule has 0 aromatic heterocycles. The molecule has 2 nitrogen and oxygen atoms in total. The smallest absolute Gasteiger partial charge is 0.373 e. The molecule has 0 amide bonds. The maximum Gasteiger partial charge on any atom is 0.373 e. The normalized spacial score (nSPS) is 10.7. The molecule has 0 aliphatic rings. The highest BCUT2D eigenvalue weighted by Gasteiger charge is 2.15. The number of halogens is 3. The van der Waals surface area contributed by atoms with Gasteiger partial charge >= 0.3 is 12.4 Å². The van der Waals surface area contributed by atoms with Crippen LogP contribution in [0.2, 0.25) is 0 Å². The Hall–Kier alpha value is 0.0600. The number of carbonyl (C=O) groups is 1. The van der Waals surface area contributed by atoms with Crippen molar-refractivity contribution in [2.75, 3.05) is 11.0 Å². The number of carbonyl (C=O) groups excluding carboxylic acids is 1. The molecular formula is C10H17F2IO2. The second-order valence-corrected chi connectivity index (χ2v) is 4.36. The van der Waals surface area contributed by atoms with Gasteiger partial charge in [0.15, 0.2) is 0 Å². The third kappa shape index (κ3) is 10.3. The molecule has 0 saturated heterocycles. The fraction of sp³-hybridized carbons (Fsp3) is 0.900. The van der Waals surface area contributed by atoms with Crippen LogP contribution in [0.25, 0.3) is 0 Å². The molecular weight excluding hydrogens is 317 g/mol. The van der Waals surface area contributed by atoms with Crippen LogP contribution in [0.3, 0.4) is 0 Å². The summed E-state index contributed by atoms with van der Waals surface area (Å²) in [5.41, 5.74) is 0. The van der Waals surface area contributed by atoms with Crippen LogP contribution in [-0.2, 0) is 9.53 Å². The predicted octanol–water partition coefficient (Wildman–Crippen LogP) is 3.57. The molecule has 0 atom stereocenters. The third-order valence-electron chi connectivity index (χ3n) is 1.95. The lowest BCUT2D eigenvalue weighted by Gasteiger charge is -2.03. The number of unbranched alkanes of at least 4 members (excludes halogenated alkanes) is 5. The van der Waals surface area contributed by atoms with Gasteiger partial charge in [0.05, 0.1) is 6.61 Å². The molecule has 90 valence electrons. The van der Waals surface area contributed by atoms with E-state index in [0.29, 0.717) is 6.42 Å². The minimum absolute atomic E-state index is 0.120. The van der Waals surface area contributed by atoms with Crippen molar-refractivity contribution in [2.45, 2.75) is 45.0 Å². The summed E-state index contributed by atoms with van der Waals surface area (Å²) in [6.07, 6.45) is 3.35. The summed E-state index contributed by atoms with van der Waals surface area (Å²) >= 11 is 2.35. The average molecular weight is 334 g/mol. The van der Waals surface area contributed by atoms with Crippen molar-refractivity contribution in [3.8, 4) is 0 Å². The molecule has 0 rings (SSSR count). The molecule has 0 aromatic rings. The van der Waals surface area contributed by atoms with Crippen molar-refractivity contribution in [2.24, 2.45) is 0 Å². The first kappa shape index (κ1) is 15.1. The van der Waals surface area contributed by atoms with E-state index in [4.69, 9.17) is 0 Å². The van der Waals surface area contributed by atoms with E-state index in [2.05, 4.69) is 27.3 Å². The van der Waals surface area contributed by atoms with Crippen LogP contribution in [0.15, 0.2) is 0 Å². The van der Waals surface area contributed by atoms with Gasteiger partial charge in [-0.3, -0.25) is 0 Å². The van der Waals surface area contributed by atoms with Crippen LogP contribution >= 0.6 is 22.6 Å². The predicted molar refractivity (Wildman–Crippen MR) is 63.6 cm³/mol. The van der Waals surface area contributed by atoms with Gasteiger partial charge in [0.2, 0.25) is 0 Å². The second kappa shape index (κ2) is 10.6. The van der Waals surface area contributed by atoms with Crippen molar-refractivity contribution >= 4 is 28.6 Å². The number of ether oxygens (including phenoxy) is 1. The summed E-state index contributed by atoms with van der Waals surface area (Å²) < 4.78 is 28.9. The summed E-state index contributed by atoms with van der Waals surface area (Å²) in [5.74, 6) is -1.40. The molecule has 0 aromatic carbocycles. The Labute approximate surface area is 103 Å². The van der Waals surface area contributed by atoms with E-state index >= 15 is 0 Å². The highest BCUT2D eigenvalue weighted by Crippen LogP contribution is 2.07. The lowest BCUT2D eigenvalue weighted by Crippen LogP contribution is -2.14. The summed E-state index contributed by atoms with van der Waals surface area (Å²) in [5, 5.41) is 0. The lowest BCUT2D eigenvalue weighted by atomic mass is 10.1. The Bertz CT molecular complexity index is 166. The van der Waals surface area contributed by atoms with Crippen molar-refractivity contribution < 1.29 is 18.3 Å². The SMILES string of the molecule is O=C(OCCCCCCCCI)C(F)F. The molecule has 0 bridgehead atoms. The molecule has 0 aliphatic heterocycles. The first-order valence-electron chi connectivity index (χ1n) is 5.19. The summed E-state index contributed by atoms with van der Waals surface area (Å²) in [4.78, 5) is 10.3. The van der Waals surface area contributed by atoms with Crippen LogP contribution in [0.1, 0.15) is 38.5 Å². The fourth-order valence-corrected chi connectivity index (χ4v) is 1.68. The molecule has 0 fully saturated rings. The standard InChI is InChI=1S/C10H17F2IO2/c11-9(12)10(14)15-8-6-4-2-1-3-5-7-13/h9H,1-8H2. The molecule has 15 heavy (non-hydrogen) atoms. The van der Waals surface area contributed by atoms with Gasteiger partial charge < -0.3 is 4.74 Å². The zero-order chi connectivity index (χ0) is 11.5. The molecule has 0 radical (unpaired) electrons. The highest BCUT2D eigenvalue weighted by molar-refractivity contribution is 14.1. The molecule has 0 spiro atoms. The second-order valence-electron chi connectivity index (χ2n) is 3.28. The number of hydrogen-bond donors (Lipinski definition) is 0. The number of rotatable bonds is 9. The van der Waals surface area contributed by atoms with E-state index in [1.165, 1.54) is 23.7 Å². The zero-order valence-corrected chi connectivity index (χ0v) is 10.8. The van der Waals surface area contributed by atoms with E-state index in [1.54, 1.807) is 0 Å². The van der Waals surface area contributed by atoms with Gasteiger partial charge in [0.1, 0.15) is 0 Å². The minimum atomic E-state index is -2.99. The Morgan fingerprint density at radius 1 is 1.07 bits per heavy atom. The number of hydrogen-bond acceptors (Lipinski definition) is 2. The van der Waals surface area contributed by atoms with Gasteiger partial charge in [-0.1, -0.05) is 48.3 Å². The van der Waals surface area contributed by atoms with Crippen LogP contribution in [0.5, 0.6) is 0 Å². The molecule has 5 heteroatoms. The fourth-order valence-electron chi connectivity index (χ4n) is 1.14. The monoisotopic (exact) mass is 334 g/mol. The van der Waals surface area contributed by atoms with Crippen molar-refractivity contribution in [1.29, 1.82) is 0 Å². The van der Waals surface area contributed by atoms with Gasteiger partial charge in [0, 0.05) is 0 Å². The van der Waals surface area contributed by atoms with Crippen LogP contribution in [0, 0.1) is 0 Å². The molecule has 0 heterocycles. The summed E-state index contributed by atoms with van der Waals surface area (Å²) in [6.45, 7) is 0.120. The van der Waals surface area contributed by atoms with Gasteiger partial charge in [-0.15, -0.1) is 0 Å². The maximum absolute atomic E-state index is 11.7. The maximum atomic E-state index is 11.7. The first-order valence-corrected chi connectivity index (χ1v) is 6.71. The van der Waals surface area contributed by atoms with Gasteiger partial charge in [-0.05, 0) is 17.3 Å². The number of esters is 1. The van der Waals surface area contributed by atoms with E-state index in [-0.39, 0.29) is 6.61 Å². The van der Waals surface area contributed by atoms with E-state index in [0.717, 1.165) is 12.8 Å². The molecule has 0 saturated carbocycles. The third-order valence-corrected chi connectivity index (χ3v) is 2.71. The summed E-state index contributed by atoms with van der Waals surface area (Å²) in [7, 11) is 0. The Kier molecular flexibility index (Phi) is 10.6. The van der Waals surface area contributed by atoms with Gasteiger partial charge in [0.25, 0.3) is 0 Å². The largest absolute Gasteiger partial charge is 0.461 e. The van der Waals surface area contributed by atoms with Crippen molar-refractivity contribution in [3.05, 3.63) is 0 Å². The van der Waals surface area contributed by atoms with E-state index < -0.39 is 12.4 Å². The highest BCUT2D eigenvalue weighted by atomic mass is 127. The average Bonchev–Trinajstić information content (AvgIpc) is 2.21. The molecule has 0 unspecified atom stereocenters. The first-order chi connectivity index (χ1) is 7.18. The quantitative estimate of drug-likeness (QED) is 0.279. The van der Waals surface area contributed by atoms with Crippen LogP contribution in [-0.4, -0.2) is 23.4 Å². The van der Waals surface area contributed by atoms with E-state index in [1.807, 2.05) is 0 Å². The van der Waals surface area contributed by atoms with Crippen molar-refractivity contribution in [3.63, 3.8) is 0 Å². The Balaban J connectivity index is 3.08. The topological polar surface area (TPSA) is 26.3 Å². The summed E-state index contributed by atoms with van der Waals surface area (Å²) in [6, 6.07) is 0. The van der Waals surface area contributed by atoms with Crippen LogP contribution in [0.4, 0.5) is 8.78 Å². The van der Waals surface area contributed by atoms with Crippen LogP contribution < -0.4 is 0 Å².